The molecule has 0 saturated heterocycles. The maximum absolute atomic E-state index is 9.01. The molecule has 0 radical (unpaired) electrons. The maximum atomic E-state index is 9.01. The van der Waals surface area contributed by atoms with Gasteiger partial charge in [-0.1, -0.05) is 11.6 Å². The lowest BCUT2D eigenvalue weighted by atomic mass is 10.3. The second-order valence-electron chi connectivity index (χ2n) is 4.67. The molecule has 3 aromatic rings. The molecule has 114 valence electrons. The molecule has 0 aliphatic rings. The largest absolute Gasteiger partial charge is 0.467 e. The Bertz CT molecular complexity index is 812. The molecule has 3 heterocycles. The molecule has 0 aliphatic heterocycles. The monoisotopic (exact) mass is 335 g/mol. The lowest BCUT2D eigenvalue weighted by Crippen LogP contribution is -2.00. The first-order chi connectivity index (χ1) is 10.7. The second kappa shape index (κ2) is 6.39. The minimum Gasteiger partial charge on any atom is -0.467 e. The van der Waals surface area contributed by atoms with Crippen molar-refractivity contribution in [2.75, 3.05) is 11.9 Å². The number of pyridine rings is 1. The summed E-state index contributed by atoms with van der Waals surface area (Å²) in [5, 5.41) is 12.7. The van der Waals surface area contributed by atoms with Crippen LogP contribution in [0, 0.1) is 0 Å². The number of nitrogens with zero attached hydrogens (tertiary/aromatic N) is 1. The van der Waals surface area contributed by atoms with E-state index in [4.69, 9.17) is 26.9 Å². The number of aliphatic hydroxyl groups is 1. The number of halogens is 1. The number of nitrogens with one attached hydrogen (secondary N) is 1. The van der Waals surface area contributed by atoms with E-state index < -0.39 is 0 Å². The molecule has 0 spiro atoms. The first kappa shape index (κ1) is 14.9. The molecule has 0 aliphatic carbocycles. The summed E-state index contributed by atoms with van der Waals surface area (Å²) < 4.78 is 6.29. The Hall–Kier alpha value is -2.02. The molecule has 0 fully saturated rings. The smallest absolute Gasteiger partial charge is 0.131 e. The molecule has 5 nitrogen and oxygen atoms in total. The Balaban J connectivity index is 1.94. The van der Waals surface area contributed by atoms with Crippen LogP contribution in [-0.4, -0.2) is 16.7 Å². The Morgan fingerprint density at radius 3 is 3.09 bits per heavy atom. The van der Waals surface area contributed by atoms with E-state index in [1.165, 1.54) is 11.3 Å². The van der Waals surface area contributed by atoms with E-state index in [1.54, 1.807) is 18.4 Å². The van der Waals surface area contributed by atoms with Gasteiger partial charge in [0.25, 0.3) is 0 Å². The van der Waals surface area contributed by atoms with Gasteiger partial charge in [0, 0.05) is 16.6 Å². The van der Waals surface area contributed by atoms with Crippen LogP contribution in [0.25, 0.3) is 16.3 Å². The molecule has 22 heavy (non-hydrogen) atoms. The highest BCUT2D eigenvalue weighted by atomic mass is 35.5. The third kappa shape index (κ3) is 3.24. The van der Waals surface area contributed by atoms with Crippen molar-refractivity contribution in [3.8, 4) is 0 Å². The predicted octanol–water partition coefficient (Wildman–Crippen LogP) is 3.45. The number of aliphatic hydroxyl groups excluding tert-OH is 1. The minimum absolute atomic E-state index is 0.175. The summed E-state index contributed by atoms with van der Waals surface area (Å²) in [5.74, 6) is 0.835. The lowest BCUT2D eigenvalue weighted by Gasteiger charge is -2.06. The molecule has 0 aromatic carbocycles. The zero-order valence-electron chi connectivity index (χ0n) is 11.5. The number of fused-ring (bicyclic) bond motifs is 1. The van der Waals surface area contributed by atoms with Crippen molar-refractivity contribution < 1.29 is 9.52 Å². The van der Waals surface area contributed by atoms with Gasteiger partial charge in [-0.25, -0.2) is 4.98 Å². The number of rotatable bonds is 5. The van der Waals surface area contributed by atoms with Gasteiger partial charge in [0.05, 0.1) is 35.3 Å². The highest BCUT2D eigenvalue weighted by Crippen LogP contribution is 2.34. The van der Waals surface area contributed by atoms with E-state index in [9.17, 15) is 0 Å². The molecule has 0 atom stereocenters. The van der Waals surface area contributed by atoms with Gasteiger partial charge in [-0.15, -0.1) is 11.3 Å². The van der Waals surface area contributed by atoms with Crippen molar-refractivity contribution >= 4 is 44.9 Å². The van der Waals surface area contributed by atoms with Crippen molar-refractivity contribution in [2.24, 2.45) is 5.73 Å². The van der Waals surface area contributed by atoms with E-state index in [0.717, 1.165) is 26.5 Å². The number of anilines is 1. The first-order valence-corrected chi connectivity index (χ1v) is 7.78. The topological polar surface area (TPSA) is 84.3 Å². The van der Waals surface area contributed by atoms with Crippen molar-refractivity contribution in [3.05, 3.63) is 52.0 Å². The van der Waals surface area contributed by atoms with Gasteiger partial charge in [-0.05, 0) is 24.3 Å². The predicted molar refractivity (Wildman–Crippen MR) is 89.9 cm³/mol. The number of hydrogen-bond acceptors (Lipinski definition) is 6. The molecule has 0 amide bonds. The Kier molecular flexibility index (Phi) is 4.33. The first-order valence-electron chi connectivity index (χ1n) is 6.59. The molecular weight excluding hydrogens is 322 g/mol. The van der Waals surface area contributed by atoms with Gasteiger partial charge in [0.2, 0.25) is 0 Å². The van der Waals surface area contributed by atoms with Crippen molar-refractivity contribution in [1.82, 2.24) is 4.98 Å². The van der Waals surface area contributed by atoms with Gasteiger partial charge < -0.3 is 20.6 Å². The molecule has 3 rings (SSSR count). The third-order valence-electron chi connectivity index (χ3n) is 3.01. The third-order valence-corrected chi connectivity index (χ3v) is 4.31. The summed E-state index contributed by atoms with van der Waals surface area (Å²) >= 11 is 7.61. The average Bonchev–Trinajstić information content (AvgIpc) is 3.13. The van der Waals surface area contributed by atoms with Crippen LogP contribution in [0.15, 0.2) is 40.6 Å². The highest BCUT2D eigenvalue weighted by molar-refractivity contribution is 7.20. The second-order valence-corrected chi connectivity index (χ2v) is 6.14. The highest BCUT2D eigenvalue weighted by Gasteiger charge is 2.09. The quantitative estimate of drug-likeness (QED) is 0.622. The molecular formula is C15H14ClN3O2S. The van der Waals surface area contributed by atoms with Crippen molar-refractivity contribution in [2.45, 2.75) is 6.54 Å². The van der Waals surface area contributed by atoms with Gasteiger partial charge in [-0.2, -0.15) is 0 Å². The summed E-state index contributed by atoms with van der Waals surface area (Å²) in [6, 6.07) is 7.42. The van der Waals surface area contributed by atoms with Crippen LogP contribution in [0.5, 0.6) is 0 Å². The maximum Gasteiger partial charge on any atom is 0.131 e. The van der Waals surface area contributed by atoms with Crippen molar-refractivity contribution in [3.63, 3.8) is 0 Å². The van der Waals surface area contributed by atoms with Crippen molar-refractivity contribution in [1.29, 1.82) is 0 Å². The standard InChI is InChI=1S/C15H14ClN3O2S/c16-14-6-12(18-7-10-2-1-3-21-10)15-13(19-14)5-11(22-15)4-9(17)8-20/h1-6,20H,7-8,17H2,(H,18,19)/b9-4+. The van der Waals surface area contributed by atoms with Crippen LogP contribution in [-0.2, 0) is 6.54 Å². The Labute approximate surface area is 136 Å². The summed E-state index contributed by atoms with van der Waals surface area (Å²) in [6.45, 7) is 0.385. The fourth-order valence-electron chi connectivity index (χ4n) is 2.03. The van der Waals surface area contributed by atoms with Gasteiger partial charge in [-0.3, -0.25) is 0 Å². The molecule has 0 bridgehead atoms. The molecule has 7 heteroatoms. The average molecular weight is 336 g/mol. The minimum atomic E-state index is -0.175. The number of nitrogens with two attached hydrogens (primary N) is 1. The van der Waals surface area contributed by atoms with Crippen LogP contribution in [0.2, 0.25) is 5.15 Å². The van der Waals surface area contributed by atoms with E-state index in [1.807, 2.05) is 18.2 Å². The van der Waals surface area contributed by atoms with Crippen LogP contribution in [0.3, 0.4) is 0 Å². The summed E-state index contributed by atoms with van der Waals surface area (Å²) in [7, 11) is 0. The molecule has 4 N–H and O–H groups in total. The van der Waals surface area contributed by atoms with E-state index in [0.29, 0.717) is 17.4 Å². The summed E-state index contributed by atoms with van der Waals surface area (Å²) in [4.78, 5) is 5.23. The van der Waals surface area contributed by atoms with Crippen LogP contribution >= 0.6 is 22.9 Å². The normalized spacial score (nSPS) is 12.0. The fraction of sp³-hybridized carbons (Fsp3) is 0.133. The SMILES string of the molecule is N/C(=C/c1cc2nc(Cl)cc(NCc3ccco3)c2s1)CO. The van der Waals surface area contributed by atoms with Crippen LogP contribution in [0.1, 0.15) is 10.6 Å². The zero-order valence-corrected chi connectivity index (χ0v) is 13.1. The zero-order chi connectivity index (χ0) is 15.5. The summed E-state index contributed by atoms with van der Waals surface area (Å²) in [5.41, 5.74) is 7.74. The number of furan rings is 1. The van der Waals surface area contributed by atoms with Gasteiger partial charge >= 0.3 is 0 Å². The van der Waals surface area contributed by atoms with E-state index in [2.05, 4.69) is 10.3 Å². The fourth-order valence-corrected chi connectivity index (χ4v) is 3.30. The van der Waals surface area contributed by atoms with Crippen LogP contribution in [0.4, 0.5) is 5.69 Å². The van der Waals surface area contributed by atoms with E-state index in [-0.39, 0.29) is 6.61 Å². The molecule has 3 aromatic heterocycles. The Morgan fingerprint density at radius 2 is 2.36 bits per heavy atom. The van der Waals surface area contributed by atoms with Gasteiger partial charge in [0.1, 0.15) is 10.9 Å². The number of thiophene rings is 1. The van der Waals surface area contributed by atoms with Gasteiger partial charge in [0.15, 0.2) is 0 Å². The Morgan fingerprint density at radius 1 is 1.50 bits per heavy atom. The number of hydrogen-bond donors (Lipinski definition) is 3. The number of aromatic nitrogens is 1. The van der Waals surface area contributed by atoms with E-state index >= 15 is 0 Å². The molecule has 0 unspecified atom stereocenters. The lowest BCUT2D eigenvalue weighted by molar-refractivity contribution is 0.331. The van der Waals surface area contributed by atoms with Crippen LogP contribution < -0.4 is 11.1 Å². The molecule has 0 saturated carbocycles. The summed E-state index contributed by atoms with van der Waals surface area (Å²) in [6.07, 6.45) is 3.37.